The molecule has 0 bridgehead atoms. The first-order valence-electron chi connectivity index (χ1n) is 5.41. The smallest absolute Gasteiger partial charge is 0.370 e. The molecule has 0 aliphatic carbocycles. The van der Waals surface area contributed by atoms with Crippen molar-refractivity contribution in [2.75, 3.05) is 6.61 Å². The number of rotatable bonds is 5. The number of hydrogen-bond donors (Lipinski definition) is 5. The number of nitrogens with two attached hydrogens (primary N) is 2. The maximum atomic E-state index is 10.9. The molecule has 7 N–H and O–H groups in total. The number of guanidine groups is 1. The molecule has 0 saturated heterocycles. The minimum atomic E-state index is -1.23. The fourth-order valence-electron chi connectivity index (χ4n) is 1.70. The van der Waals surface area contributed by atoms with Gasteiger partial charge in [-0.1, -0.05) is 0 Å². The Kier molecular flexibility index (Phi) is 4.93. The monoisotopic (exact) mass is 259 g/mol. The van der Waals surface area contributed by atoms with Crippen LogP contribution in [-0.4, -0.2) is 52.1 Å². The molecule has 0 aromatic carbocycles. The van der Waals surface area contributed by atoms with E-state index in [1.165, 1.54) is 6.08 Å². The number of aliphatic carboxylic acids is 1. The molecule has 0 spiro atoms. The lowest BCUT2D eigenvalue weighted by atomic mass is 10.0. The van der Waals surface area contributed by atoms with Gasteiger partial charge in [-0.05, 0) is 6.08 Å². The molecule has 0 unspecified atom stereocenters. The second kappa shape index (κ2) is 6.22. The molecular weight excluding hydrogens is 242 g/mol. The average Bonchev–Trinajstić information content (AvgIpc) is 2.27. The Labute approximate surface area is 104 Å². The van der Waals surface area contributed by atoms with Gasteiger partial charge in [-0.3, -0.25) is 0 Å². The van der Waals surface area contributed by atoms with Gasteiger partial charge in [0.1, 0.15) is 6.10 Å². The largest absolute Gasteiger partial charge is 0.483 e. The molecule has 0 aromatic heterocycles. The number of carbonyl (C=O) groups is 1. The molecule has 0 amide bonds. The quantitative estimate of drug-likeness (QED) is 0.286. The van der Waals surface area contributed by atoms with Crippen molar-refractivity contribution < 1.29 is 24.9 Å². The topological polar surface area (TPSA) is 151 Å². The van der Waals surface area contributed by atoms with Gasteiger partial charge in [0.25, 0.3) is 0 Å². The lowest BCUT2D eigenvalue weighted by molar-refractivity contribution is -0.138. The molecule has 102 valence electrons. The van der Waals surface area contributed by atoms with E-state index in [4.69, 9.17) is 26.4 Å². The lowest BCUT2D eigenvalue weighted by Gasteiger charge is -2.27. The number of carboxylic acid groups (broad SMARTS) is 1. The van der Waals surface area contributed by atoms with Gasteiger partial charge in [0.15, 0.2) is 5.96 Å². The third kappa shape index (κ3) is 4.22. The van der Waals surface area contributed by atoms with E-state index in [0.717, 1.165) is 0 Å². The number of carboxylic acids is 1. The Morgan fingerprint density at radius 3 is 2.78 bits per heavy atom. The SMILES string of the molecule is NC(N)=N[C@H]1C=C(C(=O)O)O[C@@H](C[C@H](O)CO)C1. The second-order valence-corrected chi connectivity index (χ2v) is 4.01. The van der Waals surface area contributed by atoms with Crippen molar-refractivity contribution in [1.29, 1.82) is 0 Å². The summed E-state index contributed by atoms with van der Waals surface area (Å²) in [6, 6.07) is -0.509. The van der Waals surface area contributed by atoms with E-state index in [1.807, 2.05) is 0 Å². The van der Waals surface area contributed by atoms with Gasteiger partial charge in [0.2, 0.25) is 5.76 Å². The molecule has 1 aliphatic rings. The zero-order chi connectivity index (χ0) is 13.7. The van der Waals surface area contributed by atoms with E-state index >= 15 is 0 Å². The van der Waals surface area contributed by atoms with Gasteiger partial charge >= 0.3 is 5.97 Å². The van der Waals surface area contributed by atoms with Crippen molar-refractivity contribution >= 4 is 11.9 Å². The summed E-state index contributed by atoms with van der Waals surface area (Å²) >= 11 is 0. The van der Waals surface area contributed by atoms with Gasteiger partial charge < -0.3 is 31.5 Å². The molecule has 0 fully saturated rings. The first kappa shape index (κ1) is 14.3. The van der Waals surface area contributed by atoms with Gasteiger partial charge in [0, 0.05) is 12.8 Å². The number of aliphatic hydroxyl groups is 2. The molecule has 0 saturated carbocycles. The van der Waals surface area contributed by atoms with Crippen LogP contribution in [0, 0.1) is 0 Å². The van der Waals surface area contributed by atoms with Gasteiger partial charge in [-0.25, -0.2) is 9.79 Å². The summed E-state index contributed by atoms with van der Waals surface area (Å²) in [5, 5.41) is 27.0. The van der Waals surface area contributed by atoms with Crippen molar-refractivity contribution in [1.82, 2.24) is 0 Å². The molecule has 8 heteroatoms. The maximum Gasteiger partial charge on any atom is 0.370 e. The summed E-state index contributed by atoms with van der Waals surface area (Å²) in [5.41, 5.74) is 10.5. The molecule has 18 heavy (non-hydrogen) atoms. The summed E-state index contributed by atoms with van der Waals surface area (Å²) in [4.78, 5) is 14.7. The normalized spacial score (nSPS) is 24.7. The minimum Gasteiger partial charge on any atom is -0.483 e. The van der Waals surface area contributed by atoms with Crippen molar-refractivity contribution in [3.63, 3.8) is 0 Å². The lowest BCUT2D eigenvalue weighted by Crippen LogP contribution is -2.33. The van der Waals surface area contributed by atoms with E-state index in [-0.39, 0.29) is 18.1 Å². The summed E-state index contributed by atoms with van der Waals surface area (Å²) in [5.74, 6) is -1.63. The Balaban J connectivity index is 2.79. The maximum absolute atomic E-state index is 10.9. The molecule has 1 rings (SSSR count). The van der Waals surface area contributed by atoms with Gasteiger partial charge in [-0.2, -0.15) is 0 Å². The van der Waals surface area contributed by atoms with Crippen LogP contribution < -0.4 is 11.5 Å². The molecule has 1 aliphatic heterocycles. The highest BCUT2D eigenvalue weighted by atomic mass is 16.5. The zero-order valence-corrected chi connectivity index (χ0v) is 9.69. The highest BCUT2D eigenvalue weighted by Gasteiger charge is 2.28. The van der Waals surface area contributed by atoms with Crippen LogP contribution in [0.15, 0.2) is 16.8 Å². The number of nitrogens with zero attached hydrogens (tertiary/aromatic N) is 1. The van der Waals surface area contributed by atoms with Crippen LogP contribution in [-0.2, 0) is 9.53 Å². The Hall–Kier alpha value is -1.80. The van der Waals surface area contributed by atoms with Crippen molar-refractivity contribution in [3.8, 4) is 0 Å². The second-order valence-electron chi connectivity index (χ2n) is 4.01. The van der Waals surface area contributed by atoms with Gasteiger partial charge in [-0.15, -0.1) is 0 Å². The predicted molar refractivity (Wildman–Crippen MR) is 62.5 cm³/mol. The van der Waals surface area contributed by atoms with Crippen molar-refractivity contribution in [2.45, 2.75) is 31.1 Å². The van der Waals surface area contributed by atoms with Crippen molar-refractivity contribution in [3.05, 3.63) is 11.8 Å². The molecule has 1 heterocycles. The van der Waals surface area contributed by atoms with Crippen LogP contribution in [0.4, 0.5) is 0 Å². The summed E-state index contributed by atoms with van der Waals surface area (Å²) < 4.78 is 5.17. The Bertz CT molecular complexity index is 365. The van der Waals surface area contributed by atoms with E-state index in [2.05, 4.69) is 4.99 Å². The first-order valence-corrected chi connectivity index (χ1v) is 5.41. The van der Waals surface area contributed by atoms with Crippen LogP contribution in [0.25, 0.3) is 0 Å². The van der Waals surface area contributed by atoms with Crippen LogP contribution in [0.3, 0.4) is 0 Å². The van der Waals surface area contributed by atoms with Gasteiger partial charge in [0.05, 0.1) is 18.8 Å². The standard InChI is InChI=1S/C10H17N3O5/c11-10(12)13-5-1-7(3-6(15)4-14)18-8(2-5)9(16)17/h2,5-7,14-15H,1,3-4H2,(H,16,17)(H4,11,12,13)/t5-,6+,7-/m1/s1. The van der Waals surface area contributed by atoms with E-state index < -0.39 is 30.8 Å². The highest BCUT2D eigenvalue weighted by Crippen LogP contribution is 2.23. The fraction of sp³-hybridized carbons (Fsp3) is 0.600. The number of hydrogen-bond acceptors (Lipinski definition) is 5. The third-order valence-electron chi connectivity index (χ3n) is 2.41. The third-order valence-corrected chi connectivity index (χ3v) is 2.41. The van der Waals surface area contributed by atoms with E-state index in [9.17, 15) is 9.90 Å². The Morgan fingerprint density at radius 2 is 2.28 bits per heavy atom. The van der Waals surface area contributed by atoms with E-state index in [0.29, 0.717) is 6.42 Å². The highest BCUT2D eigenvalue weighted by molar-refractivity contribution is 5.84. The summed E-state index contributed by atoms with van der Waals surface area (Å²) in [7, 11) is 0. The fourth-order valence-corrected chi connectivity index (χ4v) is 1.70. The van der Waals surface area contributed by atoms with Crippen molar-refractivity contribution in [2.24, 2.45) is 16.5 Å². The summed E-state index contributed by atoms with van der Waals surface area (Å²) in [6.45, 7) is -0.418. The number of aliphatic imine (C=N–C) groups is 1. The van der Waals surface area contributed by atoms with Crippen LogP contribution in [0.5, 0.6) is 0 Å². The Morgan fingerprint density at radius 1 is 1.61 bits per heavy atom. The first-order chi connectivity index (χ1) is 8.42. The number of aliphatic hydroxyl groups excluding tert-OH is 2. The zero-order valence-electron chi connectivity index (χ0n) is 9.69. The average molecular weight is 259 g/mol. The van der Waals surface area contributed by atoms with Crippen LogP contribution in [0.2, 0.25) is 0 Å². The number of ether oxygens (including phenoxy) is 1. The molecule has 0 aromatic rings. The van der Waals surface area contributed by atoms with Crippen LogP contribution >= 0.6 is 0 Å². The predicted octanol–water partition coefficient (Wildman–Crippen LogP) is -1.87. The summed E-state index contributed by atoms with van der Waals surface area (Å²) in [6.07, 6.45) is 0.229. The molecular formula is C10H17N3O5. The van der Waals surface area contributed by atoms with Crippen LogP contribution in [0.1, 0.15) is 12.8 Å². The van der Waals surface area contributed by atoms with E-state index in [1.54, 1.807) is 0 Å². The minimum absolute atomic E-state index is 0.109. The molecule has 3 atom stereocenters. The molecule has 0 radical (unpaired) electrons. The molecule has 8 nitrogen and oxygen atoms in total.